The average molecular weight is 360 g/mol. The molecule has 0 spiro atoms. The molecule has 4 nitrogen and oxygen atoms in total. The van der Waals surface area contributed by atoms with Crippen molar-refractivity contribution in [3.63, 3.8) is 0 Å². The van der Waals surface area contributed by atoms with Crippen LogP contribution in [0, 0.1) is 0 Å². The number of rotatable bonds is 3. The Kier molecular flexibility index (Phi) is 3.90. The number of carbonyl (C=O) groups excluding carboxylic acids is 1. The van der Waals surface area contributed by atoms with Crippen LogP contribution < -0.4 is 14.8 Å². The molecule has 3 rings (SSSR count). The van der Waals surface area contributed by atoms with Gasteiger partial charge in [0, 0.05) is 21.2 Å². The molecule has 0 aliphatic carbocycles. The second kappa shape index (κ2) is 5.85. The topological polar surface area (TPSA) is 47.6 Å². The molecule has 0 unspecified atom stereocenters. The van der Waals surface area contributed by atoms with Crippen LogP contribution in [0.1, 0.15) is 11.1 Å². The van der Waals surface area contributed by atoms with Crippen LogP contribution in [0.5, 0.6) is 11.5 Å². The molecule has 0 atom stereocenters. The van der Waals surface area contributed by atoms with Gasteiger partial charge in [0.05, 0.1) is 19.9 Å². The average Bonchev–Trinajstić information content (AvgIpc) is 2.82. The van der Waals surface area contributed by atoms with E-state index in [9.17, 15) is 4.79 Å². The van der Waals surface area contributed by atoms with Crippen LogP contribution >= 0.6 is 15.9 Å². The lowest BCUT2D eigenvalue weighted by molar-refractivity contribution is -0.110. The van der Waals surface area contributed by atoms with Crippen molar-refractivity contribution >= 4 is 39.2 Å². The van der Waals surface area contributed by atoms with Gasteiger partial charge in [-0.05, 0) is 36.4 Å². The minimum absolute atomic E-state index is 0.127. The van der Waals surface area contributed by atoms with Gasteiger partial charge in [0.25, 0.3) is 5.91 Å². The number of methoxy groups -OCH3 is 2. The lowest BCUT2D eigenvalue weighted by Crippen LogP contribution is -2.03. The molecular formula is C17H14BrNO3. The number of amides is 1. The Hall–Kier alpha value is -2.27. The van der Waals surface area contributed by atoms with Crippen LogP contribution in [-0.4, -0.2) is 20.1 Å². The highest BCUT2D eigenvalue weighted by Crippen LogP contribution is 2.36. The minimum atomic E-state index is -0.127. The molecule has 0 saturated carbocycles. The second-order valence-corrected chi connectivity index (χ2v) is 5.73. The van der Waals surface area contributed by atoms with Crippen molar-refractivity contribution in [2.75, 3.05) is 19.5 Å². The summed E-state index contributed by atoms with van der Waals surface area (Å²) in [6, 6.07) is 11.2. The van der Waals surface area contributed by atoms with Gasteiger partial charge in [0.2, 0.25) is 0 Å². The summed E-state index contributed by atoms with van der Waals surface area (Å²) < 4.78 is 11.5. The van der Waals surface area contributed by atoms with Crippen molar-refractivity contribution in [2.24, 2.45) is 0 Å². The van der Waals surface area contributed by atoms with Crippen molar-refractivity contribution in [1.82, 2.24) is 0 Å². The van der Waals surface area contributed by atoms with Gasteiger partial charge in [-0.25, -0.2) is 0 Å². The van der Waals surface area contributed by atoms with E-state index in [4.69, 9.17) is 9.47 Å². The zero-order valence-electron chi connectivity index (χ0n) is 12.1. The molecule has 0 radical (unpaired) electrons. The maximum absolute atomic E-state index is 12.2. The van der Waals surface area contributed by atoms with Crippen LogP contribution in [0.4, 0.5) is 5.69 Å². The Morgan fingerprint density at radius 1 is 1.09 bits per heavy atom. The highest BCUT2D eigenvalue weighted by atomic mass is 79.9. The Balaban J connectivity index is 2.12. The molecule has 1 heterocycles. The third-order valence-corrected chi connectivity index (χ3v) is 3.99. The smallest absolute Gasteiger partial charge is 0.256 e. The van der Waals surface area contributed by atoms with E-state index in [1.165, 1.54) is 0 Å². The van der Waals surface area contributed by atoms with Crippen molar-refractivity contribution in [3.05, 3.63) is 52.0 Å². The summed E-state index contributed by atoms with van der Waals surface area (Å²) in [5, 5.41) is 2.87. The predicted octanol–water partition coefficient (Wildman–Crippen LogP) is 3.96. The van der Waals surface area contributed by atoms with E-state index >= 15 is 0 Å². The molecular weight excluding hydrogens is 346 g/mol. The molecule has 1 N–H and O–H groups in total. The fourth-order valence-electron chi connectivity index (χ4n) is 2.42. The summed E-state index contributed by atoms with van der Waals surface area (Å²) in [5.41, 5.74) is 3.07. The van der Waals surface area contributed by atoms with Gasteiger partial charge in [-0.1, -0.05) is 22.0 Å². The molecule has 0 aromatic heterocycles. The monoisotopic (exact) mass is 359 g/mol. The third kappa shape index (κ3) is 2.60. The highest BCUT2D eigenvalue weighted by Gasteiger charge is 2.24. The fraction of sp³-hybridized carbons (Fsp3) is 0.118. The molecule has 1 amide bonds. The molecule has 0 saturated heterocycles. The molecule has 0 fully saturated rings. The molecule has 112 valence electrons. The minimum Gasteiger partial charge on any atom is -0.497 e. The fourth-order valence-corrected chi connectivity index (χ4v) is 2.78. The molecule has 1 aliphatic rings. The number of ether oxygens (including phenoxy) is 2. The van der Waals surface area contributed by atoms with Gasteiger partial charge < -0.3 is 14.8 Å². The Labute approximate surface area is 136 Å². The van der Waals surface area contributed by atoms with Crippen molar-refractivity contribution in [3.8, 4) is 11.5 Å². The number of nitrogens with one attached hydrogen (secondary N) is 1. The van der Waals surface area contributed by atoms with E-state index < -0.39 is 0 Å². The largest absolute Gasteiger partial charge is 0.497 e. The summed E-state index contributed by atoms with van der Waals surface area (Å²) in [7, 11) is 3.21. The number of benzene rings is 2. The first-order valence-electron chi connectivity index (χ1n) is 6.67. The van der Waals surface area contributed by atoms with Gasteiger partial charge in [0.1, 0.15) is 11.5 Å². The van der Waals surface area contributed by atoms with E-state index in [-0.39, 0.29) is 5.91 Å². The van der Waals surface area contributed by atoms with Crippen molar-refractivity contribution < 1.29 is 14.3 Å². The zero-order chi connectivity index (χ0) is 15.7. The lowest BCUT2D eigenvalue weighted by Gasteiger charge is -2.08. The van der Waals surface area contributed by atoms with Crippen LogP contribution in [0.15, 0.2) is 40.9 Å². The lowest BCUT2D eigenvalue weighted by atomic mass is 10.0. The van der Waals surface area contributed by atoms with E-state index in [0.717, 1.165) is 21.3 Å². The molecule has 2 aromatic rings. The Morgan fingerprint density at radius 3 is 2.64 bits per heavy atom. The maximum atomic E-state index is 12.2. The quantitative estimate of drug-likeness (QED) is 0.843. The molecule has 1 aliphatic heterocycles. The molecule has 2 aromatic carbocycles. The molecule has 22 heavy (non-hydrogen) atoms. The van der Waals surface area contributed by atoms with Crippen molar-refractivity contribution in [1.29, 1.82) is 0 Å². The summed E-state index contributed by atoms with van der Waals surface area (Å²) in [5.74, 6) is 1.27. The summed E-state index contributed by atoms with van der Waals surface area (Å²) in [4.78, 5) is 12.2. The Bertz CT molecular complexity index is 783. The first-order chi connectivity index (χ1) is 10.6. The summed E-state index contributed by atoms with van der Waals surface area (Å²) >= 11 is 3.41. The number of halogens is 1. The van der Waals surface area contributed by atoms with Crippen molar-refractivity contribution in [2.45, 2.75) is 0 Å². The van der Waals surface area contributed by atoms with E-state index in [0.29, 0.717) is 17.1 Å². The number of anilines is 1. The maximum Gasteiger partial charge on any atom is 0.256 e. The van der Waals surface area contributed by atoms with Gasteiger partial charge in [-0.2, -0.15) is 0 Å². The normalized spacial score (nSPS) is 14.7. The van der Waals surface area contributed by atoms with E-state index in [1.807, 2.05) is 42.5 Å². The van der Waals surface area contributed by atoms with Crippen LogP contribution in [0.3, 0.4) is 0 Å². The van der Waals surface area contributed by atoms with Gasteiger partial charge >= 0.3 is 0 Å². The van der Waals surface area contributed by atoms with Crippen LogP contribution in [-0.2, 0) is 4.79 Å². The summed E-state index contributed by atoms with van der Waals surface area (Å²) in [6.45, 7) is 0. The van der Waals surface area contributed by atoms with Crippen LogP contribution in [0.2, 0.25) is 0 Å². The SMILES string of the molecule is COc1ccc(OC)c(/C=C2/C(=O)Nc3cc(Br)ccc32)c1. The predicted molar refractivity (Wildman–Crippen MR) is 90.2 cm³/mol. The first-order valence-corrected chi connectivity index (χ1v) is 7.46. The molecule has 0 bridgehead atoms. The number of hydrogen-bond donors (Lipinski definition) is 1. The van der Waals surface area contributed by atoms with Crippen LogP contribution in [0.25, 0.3) is 11.6 Å². The Morgan fingerprint density at radius 2 is 1.91 bits per heavy atom. The van der Waals surface area contributed by atoms with Gasteiger partial charge in [-0.15, -0.1) is 0 Å². The third-order valence-electron chi connectivity index (χ3n) is 3.50. The van der Waals surface area contributed by atoms with E-state index in [1.54, 1.807) is 14.2 Å². The van der Waals surface area contributed by atoms with Gasteiger partial charge in [-0.3, -0.25) is 4.79 Å². The highest BCUT2D eigenvalue weighted by molar-refractivity contribution is 9.10. The number of fused-ring (bicyclic) bond motifs is 1. The summed E-state index contributed by atoms with van der Waals surface area (Å²) in [6.07, 6.45) is 1.82. The van der Waals surface area contributed by atoms with E-state index in [2.05, 4.69) is 21.2 Å². The molecule has 5 heteroatoms. The van der Waals surface area contributed by atoms with Gasteiger partial charge in [0.15, 0.2) is 0 Å². The standard InChI is InChI=1S/C17H14BrNO3/c1-21-12-4-6-16(22-2)10(7-12)8-14-13-5-3-11(18)9-15(13)19-17(14)20/h3-9H,1-2H3,(H,19,20)/b14-8+. The second-order valence-electron chi connectivity index (χ2n) is 4.81. The zero-order valence-corrected chi connectivity index (χ0v) is 13.7. The first kappa shape index (κ1) is 14.7. The number of hydrogen-bond acceptors (Lipinski definition) is 3. The number of carbonyl (C=O) groups is 1.